The molecule has 0 radical (unpaired) electrons. The first-order valence-corrected chi connectivity index (χ1v) is 8.19. The Hall–Kier alpha value is -0.520. The van der Waals surface area contributed by atoms with Crippen molar-refractivity contribution in [3.63, 3.8) is 0 Å². The molecule has 2 aliphatic rings. The highest BCUT2D eigenvalue weighted by Gasteiger charge is 2.33. The molecule has 0 aromatic carbocycles. The first kappa shape index (κ1) is 13.9. The average Bonchev–Trinajstić information content (AvgIpc) is 2.72. The highest BCUT2D eigenvalue weighted by Crippen LogP contribution is 2.45. The Kier molecular flexibility index (Phi) is 5.09. The van der Waals surface area contributed by atoms with Crippen molar-refractivity contribution in [2.75, 3.05) is 0 Å². The van der Waals surface area contributed by atoms with Crippen molar-refractivity contribution < 1.29 is 0 Å². The van der Waals surface area contributed by atoms with Crippen LogP contribution in [0.2, 0.25) is 0 Å². The van der Waals surface area contributed by atoms with E-state index in [0.717, 1.165) is 17.8 Å². The molecule has 3 unspecified atom stereocenters. The highest BCUT2D eigenvalue weighted by atomic mass is 14.4. The maximum atomic E-state index is 2.59. The molecule has 102 valence electrons. The van der Waals surface area contributed by atoms with Gasteiger partial charge >= 0.3 is 0 Å². The average molecular weight is 246 g/mol. The summed E-state index contributed by atoms with van der Waals surface area (Å²) in [5.74, 6) is 2.79. The Morgan fingerprint density at radius 1 is 1.00 bits per heavy atom. The van der Waals surface area contributed by atoms with Crippen molar-refractivity contribution in [2.45, 2.75) is 72.1 Å². The lowest BCUT2D eigenvalue weighted by atomic mass is 9.69. The van der Waals surface area contributed by atoms with Crippen LogP contribution >= 0.6 is 0 Å². The smallest absolute Gasteiger partial charge is 0.00114 e. The van der Waals surface area contributed by atoms with E-state index in [1.165, 1.54) is 51.4 Å². The summed E-state index contributed by atoms with van der Waals surface area (Å²) in [7, 11) is 0. The fraction of sp³-hybridized carbons (Fsp3) is 0.778. The number of hydrogen-bond acceptors (Lipinski definition) is 0. The molecule has 0 aromatic heterocycles. The maximum absolute atomic E-state index is 2.59. The van der Waals surface area contributed by atoms with Gasteiger partial charge in [-0.15, -0.1) is 0 Å². The fourth-order valence-corrected chi connectivity index (χ4v) is 4.05. The van der Waals surface area contributed by atoms with Gasteiger partial charge in [-0.1, -0.05) is 76.2 Å². The summed E-state index contributed by atoms with van der Waals surface area (Å²) in [6.07, 6.45) is 16.2. The summed E-state index contributed by atoms with van der Waals surface area (Å²) in [5.41, 5.74) is 3.40. The highest BCUT2D eigenvalue weighted by molar-refractivity contribution is 5.37. The third-order valence-corrected chi connectivity index (χ3v) is 4.84. The maximum Gasteiger partial charge on any atom is -0.00114 e. The van der Waals surface area contributed by atoms with Gasteiger partial charge < -0.3 is 0 Å². The Bertz CT molecular complexity index is 321. The first-order chi connectivity index (χ1) is 8.78. The summed E-state index contributed by atoms with van der Waals surface area (Å²) < 4.78 is 0. The van der Waals surface area contributed by atoms with Crippen molar-refractivity contribution in [2.24, 2.45) is 17.8 Å². The minimum absolute atomic E-state index is 0.816. The normalized spacial score (nSPS) is 30.9. The minimum Gasteiger partial charge on any atom is -0.0741 e. The molecule has 0 saturated heterocycles. The van der Waals surface area contributed by atoms with Crippen LogP contribution in [-0.4, -0.2) is 0 Å². The molecule has 3 atom stereocenters. The molecule has 2 rings (SSSR count). The number of allylic oxidation sites excluding steroid dienone is 4. The lowest BCUT2D eigenvalue weighted by Crippen LogP contribution is -2.25. The molecule has 0 amide bonds. The van der Waals surface area contributed by atoms with E-state index < -0.39 is 0 Å². The molecule has 2 aliphatic carbocycles. The van der Waals surface area contributed by atoms with Gasteiger partial charge in [0.2, 0.25) is 0 Å². The SMILES string of the molecule is CCCC1=CC2CC(CCC)C(CCC)CC2=C1. The minimum atomic E-state index is 0.816. The van der Waals surface area contributed by atoms with E-state index in [9.17, 15) is 0 Å². The van der Waals surface area contributed by atoms with Crippen molar-refractivity contribution >= 4 is 0 Å². The summed E-state index contributed by atoms with van der Waals surface area (Å²) in [4.78, 5) is 0. The van der Waals surface area contributed by atoms with Crippen molar-refractivity contribution in [1.82, 2.24) is 0 Å². The Morgan fingerprint density at radius 2 is 1.72 bits per heavy atom. The van der Waals surface area contributed by atoms with Crippen LogP contribution in [0.4, 0.5) is 0 Å². The molecule has 0 bridgehead atoms. The topological polar surface area (TPSA) is 0 Å². The number of hydrogen-bond donors (Lipinski definition) is 0. The van der Waals surface area contributed by atoms with Gasteiger partial charge in [-0.2, -0.15) is 0 Å². The Balaban J connectivity index is 2.04. The van der Waals surface area contributed by atoms with Gasteiger partial charge in [0, 0.05) is 0 Å². The Labute approximate surface area is 114 Å². The predicted octanol–water partition coefficient (Wildman–Crippen LogP) is 5.90. The van der Waals surface area contributed by atoms with E-state index in [2.05, 4.69) is 32.9 Å². The van der Waals surface area contributed by atoms with Crippen LogP contribution < -0.4 is 0 Å². The van der Waals surface area contributed by atoms with Gasteiger partial charge in [-0.25, -0.2) is 0 Å². The largest absolute Gasteiger partial charge is 0.0741 e. The predicted molar refractivity (Wildman–Crippen MR) is 80.6 cm³/mol. The second-order valence-corrected chi connectivity index (χ2v) is 6.35. The molecule has 0 aliphatic heterocycles. The van der Waals surface area contributed by atoms with Crippen LogP contribution in [0.1, 0.15) is 72.1 Å². The first-order valence-electron chi connectivity index (χ1n) is 8.19. The Morgan fingerprint density at radius 3 is 2.39 bits per heavy atom. The second kappa shape index (κ2) is 6.59. The van der Waals surface area contributed by atoms with Crippen LogP contribution in [0.5, 0.6) is 0 Å². The molecule has 0 spiro atoms. The molecule has 1 saturated carbocycles. The fourth-order valence-electron chi connectivity index (χ4n) is 4.05. The quantitative estimate of drug-likeness (QED) is 0.547. The van der Waals surface area contributed by atoms with Crippen LogP contribution in [0.15, 0.2) is 23.3 Å². The molecule has 0 aromatic rings. The zero-order chi connectivity index (χ0) is 13.0. The summed E-state index contributed by atoms with van der Waals surface area (Å²) >= 11 is 0. The molecule has 0 heteroatoms. The summed E-state index contributed by atoms with van der Waals surface area (Å²) in [6.45, 7) is 6.99. The molecule has 0 heterocycles. The number of rotatable bonds is 6. The van der Waals surface area contributed by atoms with Gasteiger partial charge in [0.25, 0.3) is 0 Å². The lowest BCUT2D eigenvalue weighted by molar-refractivity contribution is 0.222. The van der Waals surface area contributed by atoms with Crippen LogP contribution in [0.3, 0.4) is 0 Å². The van der Waals surface area contributed by atoms with Crippen LogP contribution in [0, 0.1) is 17.8 Å². The third-order valence-electron chi connectivity index (χ3n) is 4.84. The molecular formula is C18H30. The van der Waals surface area contributed by atoms with Gasteiger partial charge in [0.15, 0.2) is 0 Å². The number of fused-ring (bicyclic) bond motifs is 1. The second-order valence-electron chi connectivity index (χ2n) is 6.35. The van der Waals surface area contributed by atoms with E-state index >= 15 is 0 Å². The van der Waals surface area contributed by atoms with E-state index in [0.29, 0.717) is 0 Å². The van der Waals surface area contributed by atoms with Gasteiger partial charge in [-0.3, -0.25) is 0 Å². The van der Waals surface area contributed by atoms with Crippen molar-refractivity contribution in [3.05, 3.63) is 23.3 Å². The monoisotopic (exact) mass is 246 g/mol. The van der Waals surface area contributed by atoms with Crippen molar-refractivity contribution in [1.29, 1.82) is 0 Å². The zero-order valence-electron chi connectivity index (χ0n) is 12.5. The summed E-state index contributed by atoms with van der Waals surface area (Å²) in [5, 5.41) is 0. The molecule has 1 fully saturated rings. The van der Waals surface area contributed by atoms with Gasteiger partial charge in [0.1, 0.15) is 0 Å². The molecule has 0 nitrogen and oxygen atoms in total. The zero-order valence-corrected chi connectivity index (χ0v) is 12.5. The van der Waals surface area contributed by atoms with E-state index in [1.807, 2.05) is 0 Å². The molecule has 18 heavy (non-hydrogen) atoms. The van der Waals surface area contributed by atoms with E-state index in [4.69, 9.17) is 0 Å². The molecule has 0 N–H and O–H groups in total. The lowest BCUT2D eigenvalue weighted by Gasteiger charge is -2.36. The summed E-state index contributed by atoms with van der Waals surface area (Å²) in [6, 6.07) is 0. The molecular weight excluding hydrogens is 216 g/mol. The van der Waals surface area contributed by atoms with Crippen LogP contribution in [-0.2, 0) is 0 Å². The third kappa shape index (κ3) is 3.08. The van der Waals surface area contributed by atoms with Gasteiger partial charge in [-0.05, 0) is 37.0 Å². The van der Waals surface area contributed by atoms with Gasteiger partial charge in [0.05, 0.1) is 0 Å². The van der Waals surface area contributed by atoms with Crippen molar-refractivity contribution in [3.8, 4) is 0 Å². The standard InChI is InChI=1S/C18H30/c1-4-7-14-10-17-12-15(8-5-2)16(9-6-3)13-18(17)11-14/h10-11,15-17H,4-9,12-13H2,1-3H3. The van der Waals surface area contributed by atoms with E-state index in [-0.39, 0.29) is 0 Å². The van der Waals surface area contributed by atoms with Crippen LogP contribution in [0.25, 0.3) is 0 Å². The van der Waals surface area contributed by atoms with E-state index in [1.54, 1.807) is 11.1 Å².